The normalized spacial score (nSPS) is 36.1. The Morgan fingerprint density at radius 1 is 1.41 bits per heavy atom. The van der Waals surface area contributed by atoms with Crippen LogP contribution < -0.4 is 0 Å². The van der Waals surface area contributed by atoms with Gasteiger partial charge in [-0.2, -0.15) is 0 Å². The van der Waals surface area contributed by atoms with Crippen LogP contribution in [0.3, 0.4) is 0 Å². The van der Waals surface area contributed by atoms with E-state index in [9.17, 15) is 0 Å². The first-order valence-corrected chi connectivity index (χ1v) is 7.46. The van der Waals surface area contributed by atoms with Crippen molar-refractivity contribution >= 4 is 27.5 Å². The number of fused-ring (bicyclic) bond motifs is 3. The maximum Gasteiger partial charge on any atom is 0.0561 e. The lowest BCUT2D eigenvalue weighted by molar-refractivity contribution is 0.0540. The molecular weight excluding hydrogens is 300 g/mol. The highest BCUT2D eigenvalue weighted by molar-refractivity contribution is 9.10. The molecule has 1 aromatic rings. The van der Waals surface area contributed by atoms with Gasteiger partial charge in [0, 0.05) is 23.1 Å². The number of halogens is 2. The van der Waals surface area contributed by atoms with Gasteiger partial charge in [-0.15, -0.1) is 11.6 Å². The molecule has 1 aromatic heterocycles. The number of piperidine rings is 3. The quantitative estimate of drug-likeness (QED) is 0.780. The number of aromatic nitrogens is 1. The standard InChI is InChI=1S/C13H16BrClN2/c14-10-2-1-5-16-11(10)8-12-13(15)9-3-6-17(12)7-4-9/h1-2,5,9,12-13H,3-4,6-8H2. The predicted molar refractivity (Wildman–Crippen MR) is 73.4 cm³/mol. The molecule has 0 radical (unpaired) electrons. The van der Waals surface area contributed by atoms with E-state index in [4.69, 9.17) is 11.6 Å². The molecule has 0 amide bonds. The first kappa shape index (κ1) is 11.9. The number of hydrogen-bond donors (Lipinski definition) is 0. The molecule has 2 atom stereocenters. The van der Waals surface area contributed by atoms with E-state index in [0.29, 0.717) is 17.3 Å². The number of rotatable bonds is 2. The Kier molecular flexibility index (Phi) is 3.42. The third-order valence-corrected chi connectivity index (χ3v) is 5.47. The Labute approximate surface area is 115 Å². The van der Waals surface area contributed by atoms with Crippen LogP contribution in [-0.4, -0.2) is 34.4 Å². The van der Waals surface area contributed by atoms with Gasteiger partial charge in [0.25, 0.3) is 0 Å². The second-order valence-electron chi connectivity index (χ2n) is 5.02. The summed E-state index contributed by atoms with van der Waals surface area (Å²) in [5.74, 6) is 0.717. The molecule has 4 rings (SSSR count). The van der Waals surface area contributed by atoms with Crippen LogP contribution in [0.1, 0.15) is 18.5 Å². The Bertz CT molecular complexity index is 402. The van der Waals surface area contributed by atoms with E-state index in [0.717, 1.165) is 16.6 Å². The van der Waals surface area contributed by atoms with Crippen LogP contribution in [-0.2, 0) is 6.42 Å². The van der Waals surface area contributed by atoms with Crippen LogP contribution in [0, 0.1) is 5.92 Å². The van der Waals surface area contributed by atoms with Crippen LogP contribution in [0.5, 0.6) is 0 Å². The lowest BCUT2D eigenvalue weighted by atomic mass is 9.81. The van der Waals surface area contributed by atoms with Crippen molar-refractivity contribution in [1.29, 1.82) is 0 Å². The molecule has 0 aromatic carbocycles. The maximum absolute atomic E-state index is 6.60. The van der Waals surface area contributed by atoms with E-state index in [-0.39, 0.29) is 0 Å². The highest BCUT2D eigenvalue weighted by atomic mass is 79.9. The lowest BCUT2D eigenvalue weighted by Crippen LogP contribution is -2.56. The summed E-state index contributed by atoms with van der Waals surface area (Å²) in [6.07, 6.45) is 5.37. The van der Waals surface area contributed by atoms with Gasteiger partial charge in [-0.3, -0.25) is 9.88 Å². The van der Waals surface area contributed by atoms with Gasteiger partial charge in [-0.05, 0) is 59.9 Å². The molecule has 92 valence electrons. The predicted octanol–water partition coefficient (Wildman–Crippen LogP) is 3.09. The number of alkyl halides is 1. The molecule has 2 bridgehead atoms. The van der Waals surface area contributed by atoms with E-state index in [1.54, 1.807) is 0 Å². The van der Waals surface area contributed by atoms with Crippen LogP contribution >= 0.6 is 27.5 Å². The molecule has 3 aliphatic rings. The third-order valence-electron chi connectivity index (χ3n) is 4.10. The minimum atomic E-state index is 0.298. The number of hydrogen-bond acceptors (Lipinski definition) is 2. The SMILES string of the molecule is ClC1C2CCN(CC2)C1Cc1ncccc1Br. The Balaban J connectivity index is 1.79. The second kappa shape index (κ2) is 4.87. The van der Waals surface area contributed by atoms with Crippen molar-refractivity contribution in [2.45, 2.75) is 30.7 Å². The van der Waals surface area contributed by atoms with Gasteiger partial charge < -0.3 is 0 Å². The zero-order chi connectivity index (χ0) is 11.8. The monoisotopic (exact) mass is 314 g/mol. The van der Waals surface area contributed by atoms with Crippen molar-refractivity contribution in [1.82, 2.24) is 9.88 Å². The maximum atomic E-state index is 6.60. The zero-order valence-electron chi connectivity index (χ0n) is 9.65. The summed E-state index contributed by atoms with van der Waals surface area (Å²) in [6.45, 7) is 2.42. The summed E-state index contributed by atoms with van der Waals surface area (Å²) in [6, 6.07) is 4.48. The van der Waals surface area contributed by atoms with E-state index in [1.807, 2.05) is 12.3 Å². The van der Waals surface area contributed by atoms with Crippen molar-refractivity contribution in [2.75, 3.05) is 13.1 Å². The molecule has 17 heavy (non-hydrogen) atoms. The molecule has 3 saturated heterocycles. The largest absolute Gasteiger partial charge is 0.298 e. The molecule has 0 spiro atoms. The van der Waals surface area contributed by atoms with Crippen molar-refractivity contribution in [3.8, 4) is 0 Å². The van der Waals surface area contributed by atoms with E-state index in [1.165, 1.54) is 25.9 Å². The molecule has 0 saturated carbocycles. The Hall–Kier alpha value is -0.120. The van der Waals surface area contributed by atoms with Gasteiger partial charge in [-0.25, -0.2) is 0 Å². The lowest BCUT2D eigenvalue weighted by Gasteiger charge is -2.48. The summed E-state index contributed by atoms with van der Waals surface area (Å²) in [4.78, 5) is 7.00. The highest BCUT2D eigenvalue weighted by Crippen LogP contribution is 2.37. The third kappa shape index (κ3) is 2.25. The smallest absolute Gasteiger partial charge is 0.0561 e. The van der Waals surface area contributed by atoms with Gasteiger partial charge in [0.2, 0.25) is 0 Å². The summed E-state index contributed by atoms with van der Waals surface area (Å²) < 4.78 is 1.10. The average molecular weight is 316 g/mol. The highest BCUT2D eigenvalue weighted by Gasteiger charge is 2.41. The first-order chi connectivity index (χ1) is 8.25. The van der Waals surface area contributed by atoms with Gasteiger partial charge in [0.15, 0.2) is 0 Å². The number of pyridine rings is 1. The summed E-state index contributed by atoms with van der Waals surface area (Å²) in [5.41, 5.74) is 1.13. The molecule has 3 aliphatic heterocycles. The fraction of sp³-hybridized carbons (Fsp3) is 0.615. The van der Waals surface area contributed by atoms with E-state index in [2.05, 4.69) is 31.9 Å². The molecule has 2 nitrogen and oxygen atoms in total. The van der Waals surface area contributed by atoms with E-state index < -0.39 is 0 Å². The summed E-state index contributed by atoms with van der Waals surface area (Å²) in [7, 11) is 0. The average Bonchev–Trinajstić information content (AvgIpc) is 2.36. The van der Waals surface area contributed by atoms with Crippen molar-refractivity contribution in [2.24, 2.45) is 5.92 Å². The van der Waals surface area contributed by atoms with Crippen molar-refractivity contribution < 1.29 is 0 Å². The van der Waals surface area contributed by atoms with E-state index >= 15 is 0 Å². The number of nitrogens with zero attached hydrogens (tertiary/aromatic N) is 2. The van der Waals surface area contributed by atoms with Crippen molar-refractivity contribution in [3.63, 3.8) is 0 Å². The first-order valence-electron chi connectivity index (χ1n) is 6.23. The summed E-state index contributed by atoms with van der Waals surface area (Å²) in [5, 5.41) is 0.298. The molecule has 4 heteroatoms. The van der Waals surface area contributed by atoms with Gasteiger partial charge in [0.1, 0.15) is 0 Å². The fourth-order valence-electron chi connectivity index (χ4n) is 3.09. The Morgan fingerprint density at radius 2 is 2.18 bits per heavy atom. The van der Waals surface area contributed by atoms with Crippen LogP contribution in [0.2, 0.25) is 0 Å². The van der Waals surface area contributed by atoms with Crippen molar-refractivity contribution in [3.05, 3.63) is 28.5 Å². The van der Waals surface area contributed by atoms with Gasteiger partial charge in [0.05, 0.1) is 11.1 Å². The van der Waals surface area contributed by atoms with Crippen LogP contribution in [0.25, 0.3) is 0 Å². The second-order valence-corrected chi connectivity index (χ2v) is 6.38. The molecule has 0 N–H and O–H groups in total. The fourth-order valence-corrected chi connectivity index (χ4v) is 4.01. The topological polar surface area (TPSA) is 16.1 Å². The zero-order valence-corrected chi connectivity index (χ0v) is 12.0. The molecule has 2 unspecified atom stereocenters. The van der Waals surface area contributed by atoms with Gasteiger partial charge >= 0.3 is 0 Å². The van der Waals surface area contributed by atoms with Gasteiger partial charge in [-0.1, -0.05) is 0 Å². The minimum absolute atomic E-state index is 0.298. The Morgan fingerprint density at radius 3 is 2.82 bits per heavy atom. The van der Waals surface area contributed by atoms with Crippen LogP contribution in [0.4, 0.5) is 0 Å². The molecule has 3 fully saturated rings. The summed E-state index contributed by atoms with van der Waals surface area (Å²) >= 11 is 10.2. The minimum Gasteiger partial charge on any atom is -0.298 e. The molecular formula is C13H16BrClN2. The molecule has 0 aliphatic carbocycles. The van der Waals surface area contributed by atoms with Crippen LogP contribution in [0.15, 0.2) is 22.8 Å². The molecule has 4 heterocycles.